The number of rotatable bonds is 7. The van der Waals surface area contributed by atoms with Crippen LogP contribution >= 0.6 is 11.3 Å². The minimum atomic E-state index is 0.540. The number of aryl methyl sites for hydroxylation is 1. The molecular weight excluding hydrogens is 280 g/mol. The molecule has 114 valence electrons. The molecule has 21 heavy (non-hydrogen) atoms. The molecule has 4 heteroatoms. The molecule has 0 radical (unpaired) electrons. The van der Waals surface area contributed by atoms with Gasteiger partial charge in [-0.3, -0.25) is 0 Å². The van der Waals surface area contributed by atoms with E-state index in [4.69, 9.17) is 4.74 Å². The lowest BCUT2D eigenvalue weighted by Gasteiger charge is -2.07. The number of ether oxygens (including phenoxy) is 1. The van der Waals surface area contributed by atoms with Crippen molar-refractivity contribution in [2.24, 2.45) is 0 Å². The van der Waals surface area contributed by atoms with Crippen molar-refractivity contribution in [1.29, 1.82) is 0 Å². The van der Waals surface area contributed by atoms with Crippen molar-refractivity contribution >= 4 is 11.3 Å². The number of nitrogens with one attached hydrogen (secondary N) is 1. The quantitative estimate of drug-likeness (QED) is 0.829. The van der Waals surface area contributed by atoms with Gasteiger partial charge in [-0.1, -0.05) is 32.9 Å². The predicted molar refractivity (Wildman–Crippen MR) is 89.1 cm³/mol. The van der Waals surface area contributed by atoms with Crippen LogP contribution in [0.3, 0.4) is 0 Å². The zero-order valence-electron chi connectivity index (χ0n) is 13.3. The Morgan fingerprint density at radius 1 is 1.24 bits per heavy atom. The molecule has 1 aromatic carbocycles. The van der Waals surface area contributed by atoms with Gasteiger partial charge < -0.3 is 10.1 Å². The van der Waals surface area contributed by atoms with Gasteiger partial charge in [0.2, 0.25) is 0 Å². The van der Waals surface area contributed by atoms with E-state index in [1.54, 1.807) is 11.3 Å². The molecule has 0 fully saturated rings. The SMILES string of the molecule is CCNCc1sc(COc2ccc(C(C)C)cc2)nc1C. The first-order valence-corrected chi connectivity index (χ1v) is 8.30. The lowest BCUT2D eigenvalue weighted by atomic mass is 10.0. The lowest BCUT2D eigenvalue weighted by molar-refractivity contribution is 0.305. The maximum atomic E-state index is 5.83. The van der Waals surface area contributed by atoms with E-state index < -0.39 is 0 Å². The highest BCUT2D eigenvalue weighted by molar-refractivity contribution is 7.11. The molecule has 0 atom stereocenters. The summed E-state index contributed by atoms with van der Waals surface area (Å²) in [6, 6.07) is 8.33. The Morgan fingerprint density at radius 2 is 1.95 bits per heavy atom. The van der Waals surface area contributed by atoms with Crippen LogP contribution in [-0.2, 0) is 13.2 Å². The number of hydrogen-bond donors (Lipinski definition) is 1. The molecule has 0 aliphatic rings. The van der Waals surface area contributed by atoms with Crippen molar-refractivity contribution in [3.63, 3.8) is 0 Å². The van der Waals surface area contributed by atoms with Crippen molar-refractivity contribution in [1.82, 2.24) is 10.3 Å². The summed E-state index contributed by atoms with van der Waals surface area (Å²) in [6.07, 6.45) is 0. The smallest absolute Gasteiger partial charge is 0.140 e. The summed E-state index contributed by atoms with van der Waals surface area (Å²) in [4.78, 5) is 5.87. The van der Waals surface area contributed by atoms with Gasteiger partial charge in [-0.15, -0.1) is 11.3 Å². The van der Waals surface area contributed by atoms with Gasteiger partial charge in [-0.25, -0.2) is 4.98 Å². The van der Waals surface area contributed by atoms with Crippen LogP contribution in [0.2, 0.25) is 0 Å². The van der Waals surface area contributed by atoms with E-state index in [2.05, 4.69) is 50.1 Å². The molecule has 0 spiro atoms. The van der Waals surface area contributed by atoms with Crippen molar-refractivity contribution in [2.45, 2.75) is 46.8 Å². The van der Waals surface area contributed by atoms with Gasteiger partial charge in [0.1, 0.15) is 17.4 Å². The third kappa shape index (κ3) is 4.55. The van der Waals surface area contributed by atoms with E-state index in [0.717, 1.165) is 29.5 Å². The van der Waals surface area contributed by atoms with Crippen molar-refractivity contribution in [3.8, 4) is 5.75 Å². The molecule has 0 saturated carbocycles. The standard InChI is InChI=1S/C17H24N2OS/c1-5-18-10-16-13(4)19-17(21-16)11-20-15-8-6-14(7-9-15)12(2)3/h6-9,12,18H,5,10-11H2,1-4H3. The summed E-state index contributed by atoms with van der Waals surface area (Å²) in [7, 11) is 0. The van der Waals surface area contributed by atoms with E-state index in [9.17, 15) is 0 Å². The molecule has 1 heterocycles. The van der Waals surface area contributed by atoms with Crippen LogP contribution < -0.4 is 10.1 Å². The van der Waals surface area contributed by atoms with E-state index in [1.807, 2.05) is 12.1 Å². The van der Waals surface area contributed by atoms with Crippen molar-refractivity contribution in [3.05, 3.63) is 45.4 Å². The Hall–Kier alpha value is -1.39. The summed E-state index contributed by atoms with van der Waals surface area (Å²) in [5, 5.41) is 4.37. The highest BCUT2D eigenvalue weighted by atomic mass is 32.1. The molecule has 0 aliphatic heterocycles. The van der Waals surface area contributed by atoms with Gasteiger partial charge >= 0.3 is 0 Å². The molecule has 2 aromatic rings. The number of nitrogens with zero attached hydrogens (tertiary/aromatic N) is 1. The second-order valence-corrected chi connectivity index (χ2v) is 6.58. The van der Waals surface area contributed by atoms with Crippen LogP contribution in [0.4, 0.5) is 0 Å². The van der Waals surface area contributed by atoms with Gasteiger partial charge in [0.15, 0.2) is 0 Å². The van der Waals surface area contributed by atoms with Crippen molar-refractivity contribution in [2.75, 3.05) is 6.54 Å². The van der Waals surface area contributed by atoms with Crippen molar-refractivity contribution < 1.29 is 4.74 Å². The van der Waals surface area contributed by atoms with Gasteiger partial charge in [0, 0.05) is 11.4 Å². The fraction of sp³-hybridized carbons (Fsp3) is 0.471. The van der Waals surface area contributed by atoms with E-state index in [1.165, 1.54) is 10.4 Å². The molecule has 3 nitrogen and oxygen atoms in total. The minimum Gasteiger partial charge on any atom is -0.486 e. The molecule has 2 rings (SSSR count). The Kier molecular flexibility index (Phi) is 5.76. The molecule has 0 amide bonds. The summed E-state index contributed by atoms with van der Waals surface area (Å²) in [6.45, 7) is 11.0. The van der Waals surface area contributed by atoms with Crippen LogP contribution in [-0.4, -0.2) is 11.5 Å². The van der Waals surface area contributed by atoms with Crippen LogP contribution in [0.1, 0.15) is 47.8 Å². The largest absolute Gasteiger partial charge is 0.486 e. The van der Waals surface area contributed by atoms with Crippen LogP contribution in [0.15, 0.2) is 24.3 Å². The third-order valence-electron chi connectivity index (χ3n) is 3.38. The first-order valence-electron chi connectivity index (χ1n) is 7.48. The summed E-state index contributed by atoms with van der Waals surface area (Å²) in [5.41, 5.74) is 2.44. The highest BCUT2D eigenvalue weighted by Crippen LogP contribution is 2.22. The maximum Gasteiger partial charge on any atom is 0.140 e. The molecule has 0 aliphatic carbocycles. The number of hydrogen-bond acceptors (Lipinski definition) is 4. The van der Waals surface area contributed by atoms with Gasteiger partial charge in [-0.2, -0.15) is 0 Å². The first kappa shape index (κ1) is 16.0. The third-order valence-corrected chi connectivity index (χ3v) is 4.51. The zero-order chi connectivity index (χ0) is 15.2. The average molecular weight is 304 g/mol. The Balaban J connectivity index is 1.93. The number of aromatic nitrogens is 1. The second-order valence-electron chi connectivity index (χ2n) is 5.41. The minimum absolute atomic E-state index is 0.540. The Morgan fingerprint density at radius 3 is 2.57 bits per heavy atom. The monoisotopic (exact) mass is 304 g/mol. The Labute approximate surface area is 131 Å². The van der Waals surface area contributed by atoms with Gasteiger partial charge in [0.25, 0.3) is 0 Å². The van der Waals surface area contributed by atoms with Gasteiger partial charge in [0.05, 0.1) is 5.69 Å². The molecule has 0 unspecified atom stereocenters. The highest BCUT2D eigenvalue weighted by Gasteiger charge is 2.08. The molecule has 1 N–H and O–H groups in total. The average Bonchev–Trinajstić information content (AvgIpc) is 2.83. The van der Waals surface area contributed by atoms with E-state index in [-0.39, 0.29) is 0 Å². The molecule has 0 saturated heterocycles. The summed E-state index contributed by atoms with van der Waals surface area (Å²) < 4.78 is 5.83. The normalized spacial score (nSPS) is 11.1. The molecular formula is C17H24N2OS. The maximum absolute atomic E-state index is 5.83. The first-order chi connectivity index (χ1) is 10.1. The summed E-state index contributed by atoms with van der Waals surface area (Å²) in [5.74, 6) is 1.45. The topological polar surface area (TPSA) is 34.1 Å². The number of thiazole rings is 1. The predicted octanol–water partition coefficient (Wildman–Crippen LogP) is 4.26. The number of benzene rings is 1. The van der Waals surface area contributed by atoms with Crippen LogP contribution in [0.5, 0.6) is 5.75 Å². The molecule has 0 bridgehead atoms. The fourth-order valence-corrected chi connectivity index (χ4v) is 3.00. The van der Waals surface area contributed by atoms with Gasteiger partial charge in [-0.05, 0) is 37.1 Å². The van der Waals surface area contributed by atoms with Crippen LogP contribution in [0, 0.1) is 6.92 Å². The van der Waals surface area contributed by atoms with E-state index >= 15 is 0 Å². The lowest BCUT2D eigenvalue weighted by Crippen LogP contribution is -2.11. The fourth-order valence-electron chi connectivity index (χ4n) is 2.05. The van der Waals surface area contributed by atoms with E-state index in [0.29, 0.717) is 12.5 Å². The van der Waals surface area contributed by atoms with Crippen LogP contribution in [0.25, 0.3) is 0 Å². The molecule has 1 aromatic heterocycles. The second kappa shape index (κ2) is 7.57. The Bertz CT molecular complexity index is 561. The zero-order valence-corrected chi connectivity index (χ0v) is 14.1. The summed E-state index contributed by atoms with van der Waals surface area (Å²) >= 11 is 1.73.